The van der Waals surface area contributed by atoms with Crippen LogP contribution in [0, 0.1) is 5.82 Å². The Morgan fingerprint density at radius 1 is 1.25 bits per heavy atom. The molecule has 0 atom stereocenters. The molecule has 3 nitrogen and oxygen atoms in total. The first kappa shape index (κ1) is 11.1. The summed E-state index contributed by atoms with van der Waals surface area (Å²) in [7, 11) is 2.03. The van der Waals surface area contributed by atoms with Crippen molar-refractivity contribution in [3.63, 3.8) is 0 Å². The van der Waals surface area contributed by atoms with Crippen LogP contribution < -0.4 is 0 Å². The summed E-state index contributed by atoms with van der Waals surface area (Å²) in [6, 6.07) is 5.86. The highest BCUT2D eigenvalue weighted by atomic mass is 19.1. The van der Waals surface area contributed by atoms with Crippen molar-refractivity contribution in [2.24, 2.45) is 0 Å². The van der Waals surface area contributed by atoms with Gasteiger partial charge in [-0.05, 0) is 25.2 Å². The molecule has 0 spiro atoms. The van der Waals surface area contributed by atoms with E-state index in [2.05, 4.69) is 4.90 Å². The molecular formula is C12H15FN2O. The Kier molecular flexibility index (Phi) is 3.19. The van der Waals surface area contributed by atoms with Gasteiger partial charge in [0.15, 0.2) is 0 Å². The van der Waals surface area contributed by atoms with E-state index in [0.29, 0.717) is 18.7 Å². The molecule has 0 aliphatic carbocycles. The van der Waals surface area contributed by atoms with Crippen LogP contribution in [0.5, 0.6) is 0 Å². The molecule has 1 aliphatic heterocycles. The normalized spacial score (nSPS) is 17.5. The highest BCUT2D eigenvalue weighted by molar-refractivity contribution is 5.94. The molecule has 0 aromatic heterocycles. The molecule has 0 radical (unpaired) electrons. The third-order valence-corrected chi connectivity index (χ3v) is 2.86. The lowest BCUT2D eigenvalue weighted by Crippen LogP contribution is -2.47. The van der Waals surface area contributed by atoms with Gasteiger partial charge in [-0.3, -0.25) is 4.79 Å². The topological polar surface area (TPSA) is 23.6 Å². The molecule has 1 fully saturated rings. The van der Waals surface area contributed by atoms with E-state index in [4.69, 9.17) is 0 Å². The second-order valence-electron chi connectivity index (χ2n) is 4.11. The third-order valence-electron chi connectivity index (χ3n) is 2.86. The maximum Gasteiger partial charge on any atom is 0.254 e. The van der Waals surface area contributed by atoms with Crippen molar-refractivity contribution < 1.29 is 9.18 Å². The number of nitrogens with zero attached hydrogens (tertiary/aromatic N) is 2. The largest absolute Gasteiger partial charge is 0.336 e. The number of carbonyl (C=O) groups excluding carboxylic acids is 1. The highest BCUT2D eigenvalue weighted by Crippen LogP contribution is 2.09. The smallest absolute Gasteiger partial charge is 0.254 e. The fourth-order valence-corrected chi connectivity index (χ4v) is 1.81. The number of amides is 1. The Bertz CT molecular complexity index is 386. The molecule has 1 heterocycles. The van der Waals surface area contributed by atoms with Gasteiger partial charge in [-0.1, -0.05) is 6.07 Å². The number of likely N-dealkylation sites (N-methyl/N-ethyl adjacent to an activating group) is 1. The molecule has 0 bridgehead atoms. The first-order chi connectivity index (χ1) is 7.66. The molecule has 1 aromatic rings. The number of benzene rings is 1. The van der Waals surface area contributed by atoms with Crippen molar-refractivity contribution in [1.29, 1.82) is 0 Å². The lowest BCUT2D eigenvalue weighted by Gasteiger charge is -2.32. The summed E-state index contributed by atoms with van der Waals surface area (Å²) in [6.45, 7) is 3.18. The van der Waals surface area contributed by atoms with Crippen LogP contribution in [0.25, 0.3) is 0 Å². The summed E-state index contributed by atoms with van der Waals surface area (Å²) < 4.78 is 13.0. The first-order valence-electron chi connectivity index (χ1n) is 5.40. The predicted octanol–water partition coefficient (Wildman–Crippen LogP) is 1.21. The Morgan fingerprint density at radius 3 is 2.56 bits per heavy atom. The predicted molar refractivity (Wildman–Crippen MR) is 59.8 cm³/mol. The number of carbonyl (C=O) groups is 1. The van der Waals surface area contributed by atoms with Crippen LogP contribution >= 0.6 is 0 Å². The highest BCUT2D eigenvalue weighted by Gasteiger charge is 2.20. The molecule has 16 heavy (non-hydrogen) atoms. The molecule has 1 aliphatic rings. The third kappa shape index (κ3) is 2.39. The number of rotatable bonds is 1. The fraction of sp³-hybridized carbons (Fsp3) is 0.417. The lowest BCUT2D eigenvalue weighted by atomic mass is 10.2. The van der Waals surface area contributed by atoms with E-state index < -0.39 is 0 Å². The molecule has 4 heteroatoms. The van der Waals surface area contributed by atoms with Gasteiger partial charge in [0.25, 0.3) is 5.91 Å². The van der Waals surface area contributed by atoms with E-state index in [1.165, 1.54) is 12.1 Å². The number of hydrogen-bond acceptors (Lipinski definition) is 2. The SMILES string of the molecule is CN1CCN(C(=O)c2cccc(F)c2)CC1. The summed E-state index contributed by atoms with van der Waals surface area (Å²) >= 11 is 0. The molecule has 2 rings (SSSR count). The van der Waals surface area contributed by atoms with E-state index in [-0.39, 0.29) is 11.7 Å². The molecule has 1 amide bonds. The molecule has 0 unspecified atom stereocenters. The number of piperazine rings is 1. The zero-order valence-electron chi connectivity index (χ0n) is 9.32. The fourth-order valence-electron chi connectivity index (χ4n) is 1.81. The molecule has 0 N–H and O–H groups in total. The van der Waals surface area contributed by atoms with Crippen molar-refractivity contribution >= 4 is 5.91 Å². The zero-order chi connectivity index (χ0) is 11.5. The minimum absolute atomic E-state index is 0.0763. The number of hydrogen-bond donors (Lipinski definition) is 0. The maximum absolute atomic E-state index is 13.0. The molecule has 1 saturated heterocycles. The molecule has 1 aromatic carbocycles. The van der Waals surface area contributed by atoms with E-state index in [1.807, 2.05) is 7.05 Å². The van der Waals surface area contributed by atoms with Gasteiger partial charge in [0.1, 0.15) is 5.82 Å². The van der Waals surface area contributed by atoms with Gasteiger partial charge in [0.05, 0.1) is 0 Å². The van der Waals surface area contributed by atoms with Crippen molar-refractivity contribution in [3.05, 3.63) is 35.6 Å². The van der Waals surface area contributed by atoms with Crippen molar-refractivity contribution in [3.8, 4) is 0 Å². The maximum atomic E-state index is 13.0. The average molecular weight is 222 g/mol. The summed E-state index contributed by atoms with van der Waals surface area (Å²) in [5, 5.41) is 0. The summed E-state index contributed by atoms with van der Waals surface area (Å²) in [5.74, 6) is -0.437. The Balaban J connectivity index is 2.08. The van der Waals surface area contributed by atoms with Gasteiger partial charge in [-0.25, -0.2) is 4.39 Å². The standard InChI is InChI=1S/C12H15FN2O/c1-14-5-7-15(8-6-14)12(16)10-3-2-4-11(13)9-10/h2-4,9H,5-8H2,1H3. The van der Waals surface area contributed by atoms with Crippen LogP contribution in [0.1, 0.15) is 10.4 Å². The van der Waals surface area contributed by atoms with Gasteiger partial charge in [0, 0.05) is 31.7 Å². The summed E-state index contributed by atoms with van der Waals surface area (Å²) in [5.41, 5.74) is 0.435. The first-order valence-corrected chi connectivity index (χ1v) is 5.40. The Hall–Kier alpha value is -1.42. The van der Waals surface area contributed by atoms with Crippen LogP contribution in [0.2, 0.25) is 0 Å². The van der Waals surface area contributed by atoms with E-state index in [0.717, 1.165) is 13.1 Å². The number of halogens is 1. The second-order valence-corrected chi connectivity index (χ2v) is 4.11. The Labute approximate surface area is 94.5 Å². The van der Waals surface area contributed by atoms with E-state index in [1.54, 1.807) is 17.0 Å². The van der Waals surface area contributed by atoms with Gasteiger partial charge >= 0.3 is 0 Å². The van der Waals surface area contributed by atoms with Crippen LogP contribution in [0.4, 0.5) is 4.39 Å². The molecule has 0 saturated carbocycles. The van der Waals surface area contributed by atoms with E-state index in [9.17, 15) is 9.18 Å². The van der Waals surface area contributed by atoms with Crippen molar-refractivity contribution in [2.75, 3.05) is 33.2 Å². The van der Waals surface area contributed by atoms with Crippen LogP contribution in [-0.4, -0.2) is 48.9 Å². The molecular weight excluding hydrogens is 207 g/mol. The van der Waals surface area contributed by atoms with E-state index >= 15 is 0 Å². The molecule has 86 valence electrons. The minimum Gasteiger partial charge on any atom is -0.336 e. The van der Waals surface area contributed by atoms with Gasteiger partial charge in [-0.15, -0.1) is 0 Å². The van der Waals surface area contributed by atoms with Gasteiger partial charge < -0.3 is 9.80 Å². The van der Waals surface area contributed by atoms with Gasteiger partial charge in [0.2, 0.25) is 0 Å². The monoisotopic (exact) mass is 222 g/mol. The van der Waals surface area contributed by atoms with Crippen molar-refractivity contribution in [2.45, 2.75) is 0 Å². The lowest BCUT2D eigenvalue weighted by molar-refractivity contribution is 0.0663. The van der Waals surface area contributed by atoms with Crippen LogP contribution in [0.3, 0.4) is 0 Å². The van der Waals surface area contributed by atoms with Crippen molar-refractivity contribution in [1.82, 2.24) is 9.80 Å². The average Bonchev–Trinajstić information content (AvgIpc) is 2.29. The second kappa shape index (κ2) is 4.61. The summed E-state index contributed by atoms with van der Waals surface area (Å²) in [6.07, 6.45) is 0. The van der Waals surface area contributed by atoms with Gasteiger partial charge in [-0.2, -0.15) is 0 Å². The Morgan fingerprint density at radius 2 is 1.94 bits per heavy atom. The quantitative estimate of drug-likeness (QED) is 0.713. The summed E-state index contributed by atoms with van der Waals surface area (Å²) in [4.78, 5) is 15.9. The van der Waals surface area contributed by atoms with Crippen LogP contribution in [0.15, 0.2) is 24.3 Å². The van der Waals surface area contributed by atoms with Crippen LogP contribution in [-0.2, 0) is 0 Å². The minimum atomic E-state index is -0.361. The zero-order valence-corrected chi connectivity index (χ0v) is 9.32.